The molecule has 0 radical (unpaired) electrons. The zero-order valence-corrected chi connectivity index (χ0v) is 12.4. The van der Waals surface area contributed by atoms with Gasteiger partial charge in [-0.15, -0.1) is 0 Å². The van der Waals surface area contributed by atoms with Crippen molar-refractivity contribution >= 4 is 11.7 Å². The van der Waals surface area contributed by atoms with Crippen LogP contribution in [0.15, 0.2) is 10.3 Å². The van der Waals surface area contributed by atoms with E-state index in [9.17, 15) is 0 Å². The third-order valence-electron chi connectivity index (χ3n) is 3.37. The number of oxime groups is 2. The summed E-state index contributed by atoms with van der Waals surface area (Å²) >= 11 is 0. The van der Waals surface area contributed by atoms with Crippen LogP contribution in [0, 0.1) is 0 Å². The quantitative estimate of drug-likeness (QED) is 0.137. The third kappa shape index (κ3) is 13.0. The lowest BCUT2D eigenvalue weighted by molar-refractivity contribution is 0.316. The maximum Gasteiger partial charge on any atom is 0.139 e. The van der Waals surface area contributed by atoms with Crippen molar-refractivity contribution < 1.29 is 10.4 Å². The van der Waals surface area contributed by atoms with Crippen LogP contribution in [0.4, 0.5) is 0 Å². The van der Waals surface area contributed by atoms with Crippen LogP contribution in [0.3, 0.4) is 0 Å². The van der Waals surface area contributed by atoms with E-state index in [1.165, 1.54) is 38.5 Å². The van der Waals surface area contributed by atoms with Crippen LogP contribution < -0.4 is 11.5 Å². The van der Waals surface area contributed by atoms with Crippen molar-refractivity contribution in [2.24, 2.45) is 21.8 Å². The SMILES string of the molecule is N/C(CCCCCCCCCCCC/C(N)=N\O)=N\O. The van der Waals surface area contributed by atoms with E-state index >= 15 is 0 Å². The highest BCUT2D eigenvalue weighted by atomic mass is 16.4. The molecule has 0 spiro atoms. The lowest BCUT2D eigenvalue weighted by Gasteiger charge is -2.03. The van der Waals surface area contributed by atoms with Gasteiger partial charge >= 0.3 is 0 Å². The Labute approximate surface area is 121 Å². The van der Waals surface area contributed by atoms with Crippen molar-refractivity contribution in [2.45, 2.75) is 77.0 Å². The first kappa shape index (κ1) is 18.5. The van der Waals surface area contributed by atoms with Crippen LogP contribution >= 0.6 is 0 Å². The second-order valence-electron chi connectivity index (χ2n) is 5.22. The summed E-state index contributed by atoms with van der Waals surface area (Å²) in [4.78, 5) is 0. The predicted molar refractivity (Wildman–Crippen MR) is 82.2 cm³/mol. The van der Waals surface area contributed by atoms with Gasteiger partial charge in [-0.05, 0) is 12.8 Å². The maximum atomic E-state index is 8.38. The monoisotopic (exact) mass is 286 g/mol. The Bertz CT molecular complexity index is 252. The number of hydrogen-bond acceptors (Lipinski definition) is 4. The molecule has 0 heterocycles. The van der Waals surface area contributed by atoms with Crippen LogP contribution in [0.25, 0.3) is 0 Å². The summed E-state index contributed by atoms with van der Waals surface area (Å²) < 4.78 is 0. The molecule has 6 nitrogen and oxygen atoms in total. The first-order chi connectivity index (χ1) is 9.70. The average molecular weight is 286 g/mol. The van der Waals surface area contributed by atoms with E-state index in [1.54, 1.807) is 0 Å². The van der Waals surface area contributed by atoms with Gasteiger partial charge in [-0.1, -0.05) is 61.7 Å². The Hall–Kier alpha value is -1.46. The van der Waals surface area contributed by atoms with Crippen LogP contribution in [-0.2, 0) is 0 Å². The van der Waals surface area contributed by atoms with Gasteiger partial charge < -0.3 is 21.9 Å². The molecule has 0 aliphatic heterocycles. The molecule has 0 fully saturated rings. The smallest absolute Gasteiger partial charge is 0.139 e. The lowest BCUT2D eigenvalue weighted by Crippen LogP contribution is -2.10. The van der Waals surface area contributed by atoms with Crippen LogP contribution in [0.5, 0.6) is 0 Å². The molecular weight excluding hydrogens is 256 g/mol. The minimum atomic E-state index is 0.330. The highest BCUT2D eigenvalue weighted by Crippen LogP contribution is 2.11. The fourth-order valence-electron chi connectivity index (χ4n) is 2.13. The molecule has 0 saturated carbocycles. The topological polar surface area (TPSA) is 117 Å². The normalized spacial score (nSPS) is 12.8. The highest BCUT2D eigenvalue weighted by Gasteiger charge is 1.96. The first-order valence-corrected chi connectivity index (χ1v) is 7.63. The molecule has 0 aromatic rings. The van der Waals surface area contributed by atoms with Crippen molar-refractivity contribution in [3.63, 3.8) is 0 Å². The summed E-state index contributed by atoms with van der Waals surface area (Å²) in [6.45, 7) is 0. The molecule has 118 valence electrons. The zero-order chi connectivity index (χ0) is 15.1. The largest absolute Gasteiger partial charge is 0.409 e. The average Bonchev–Trinajstić information content (AvgIpc) is 2.47. The Morgan fingerprint density at radius 2 is 0.800 bits per heavy atom. The standard InChI is InChI=1S/C14H30N4O2/c15-13(17-19)11-9-7-5-3-1-2-4-6-8-10-12-14(16)18-20/h19-20H,1-12H2,(H2,15,17)(H2,16,18). The van der Waals surface area contributed by atoms with Crippen molar-refractivity contribution in [1.29, 1.82) is 0 Å². The van der Waals surface area contributed by atoms with Gasteiger partial charge in [0, 0.05) is 12.8 Å². The zero-order valence-electron chi connectivity index (χ0n) is 12.4. The van der Waals surface area contributed by atoms with Crippen molar-refractivity contribution in [3.05, 3.63) is 0 Å². The summed E-state index contributed by atoms with van der Waals surface area (Å²) in [5.41, 5.74) is 10.8. The molecule has 0 atom stereocenters. The molecule has 0 saturated heterocycles. The summed E-state index contributed by atoms with van der Waals surface area (Å²) in [5.74, 6) is 0.661. The van der Waals surface area contributed by atoms with E-state index in [0.29, 0.717) is 24.5 Å². The van der Waals surface area contributed by atoms with Crippen LogP contribution in [0.2, 0.25) is 0 Å². The van der Waals surface area contributed by atoms with Gasteiger partial charge in [0.15, 0.2) is 0 Å². The molecule has 0 aliphatic rings. The van der Waals surface area contributed by atoms with Gasteiger partial charge in [-0.3, -0.25) is 0 Å². The molecular formula is C14H30N4O2. The molecule has 0 aromatic heterocycles. The van der Waals surface area contributed by atoms with E-state index in [1.807, 2.05) is 0 Å². The van der Waals surface area contributed by atoms with Gasteiger partial charge in [0.2, 0.25) is 0 Å². The highest BCUT2D eigenvalue weighted by molar-refractivity contribution is 5.79. The summed E-state index contributed by atoms with van der Waals surface area (Å²) in [6, 6.07) is 0. The van der Waals surface area contributed by atoms with Crippen LogP contribution in [0.1, 0.15) is 77.0 Å². The number of hydrogen-bond donors (Lipinski definition) is 4. The van der Waals surface area contributed by atoms with Crippen molar-refractivity contribution in [2.75, 3.05) is 0 Å². The van der Waals surface area contributed by atoms with E-state index in [4.69, 9.17) is 21.9 Å². The second kappa shape index (κ2) is 14.0. The van der Waals surface area contributed by atoms with Gasteiger partial charge in [-0.2, -0.15) is 0 Å². The lowest BCUT2D eigenvalue weighted by atomic mass is 10.0. The Morgan fingerprint density at radius 3 is 1.05 bits per heavy atom. The first-order valence-electron chi connectivity index (χ1n) is 7.63. The van der Waals surface area contributed by atoms with E-state index in [0.717, 1.165) is 25.7 Å². The Kier molecular flexibility index (Phi) is 12.9. The molecule has 0 unspecified atom stereocenters. The summed E-state index contributed by atoms with van der Waals surface area (Å²) in [5, 5.41) is 22.7. The molecule has 0 aromatic carbocycles. The molecule has 6 N–H and O–H groups in total. The molecule has 0 aliphatic carbocycles. The van der Waals surface area contributed by atoms with E-state index in [2.05, 4.69) is 10.3 Å². The van der Waals surface area contributed by atoms with Crippen LogP contribution in [-0.4, -0.2) is 22.1 Å². The fourth-order valence-corrected chi connectivity index (χ4v) is 2.13. The number of nitrogens with zero attached hydrogens (tertiary/aromatic N) is 2. The third-order valence-corrected chi connectivity index (χ3v) is 3.37. The second-order valence-corrected chi connectivity index (χ2v) is 5.22. The Balaban J connectivity index is 3.10. The number of rotatable bonds is 13. The molecule has 20 heavy (non-hydrogen) atoms. The minimum absolute atomic E-state index is 0.330. The number of unbranched alkanes of at least 4 members (excludes halogenated alkanes) is 9. The van der Waals surface area contributed by atoms with E-state index < -0.39 is 0 Å². The molecule has 0 rings (SSSR count). The fraction of sp³-hybridized carbons (Fsp3) is 0.857. The Morgan fingerprint density at radius 1 is 0.550 bits per heavy atom. The summed E-state index contributed by atoms with van der Waals surface area (Å²) in [7, 11) is 0. The predicted octanol–water partition coefficient (Wildman–Crippen LogP) is 3.16. The maximum absolute atomic E-state index is 8.38. The minimum Gasteiger partial charge on any atom is -0.409 e. The van der Waals surface area contributed by atoms with E-state index in [-0.39, 0.29) is 0 Å². The van der Waals surface area contributed by atoms with Crippen molar-refractivity contribution in [3.8, 4) is 0 Å². The summed E-state index contributed by atoms with van der Waals surface area (Å²) in [6.07, 6.45) is 13.2. The molecule has 0 bridgehead atoms. The van der Waals surface area contributed by atoms with Gasteiger partial charge in [-0.25, -0.2) is 0 Å². The number of amidine groups is 2. The van der Waals surface area contributed by atoms with Gasteiger partial charge in [0.25, 0.3) is 0 Å². The molecule has 6 heteroatoms. The van der Waals surface area contributed by atoms with Crippen molar-refractivity contribution in [1.82, 2.24) is 0 Å². The van der Waals surface area contributed by atoms with Gasteiger partial charge in [0.1, 0.15) is 11.7 Å². The molecule has 0 amide bonds. The number of nitrogens with two attached hydrogens (primary N) is 2. The van der Waals surface area contributed by atoms with Gasteiger partial charge in [0.05, 0.1) is 0 Å².